The first kappa shape index (κ1) is 9.29. The van der Waals surface area contributed by atoms with Crippen LogP contribution in [0.25, 0.3) is 0 Å². The molecule has 0 saturated heterocycles. The molecule has 54 valence electrons. The summed E-state index contributed by atoms with van der Waals surface area (Å²) in [6.07, 6.45) is 0. The summed E-state index contributed by atoms with van der Waals surface area (Å²) in [5.74, 6) is 0. The Bertz CT molecular complexity index is 235. The molecule has 0 unspecified atom stereocenters. The van der Waals surface area contributed by atoms with Gasteiger partial charge in [0.15, 0.2) is 0 Å². The molecule has 0 aromatic heterocycles. The molecule has 1 rings (SSSR count). The first-order valence-electron chi connectivity index (χ1n) is 2.42. The molecule has 0 atom stereocenters. The van der Waals surface area contributed by atoms with E-state index in [1.807, 2.05) is 12.1 Å². The van der Waals surface area contributed by atoms with Crippen molar-refractivity contribution in [1.29, 1.82) is 0 Å². The quantitative estimate of drug-likeness (QED) is 0.345. The maximum atomic E-state index is 5.81. The van der Waals surface area contributed by atoms with Gasteiger partial charge in [-0.05, 0) is 66.6 Å². The lowest BCUT2D eigenvalue weighted by molar-refractivity contribution is 1.53. The van der Waals surface area contributed by atoms with Gasteiger partial charge in [-0.25, -0.2) is 0 Å². The minimum Gasteiger partial charge on any atom is -0.0831 e. The molecular formula is C6H2Br2ClI. The van der Waals surface area contributed by atoms with Crippen LogP contribution < -0.4 is 0 Å². The Morgan fingerprint density at radius 3 is 2.30 bits per heavy atom. The third-order valence-electron chi connectivity index (χ3n) is 0.988. The maximum Gasteiger partial charge on any atom is 0.0560 e. The van der Waals surface area contributed by atoms with E-state index in [0.29, 0.717) is 0 Å². The first-order chi connectivity index (χ1) is 4.63. The molecule has 0 spiro atoms. The number of benzene rings is 1. The Hall–Kier alpha value is 1.20. The van der Waals surface area contributed by atoms with Crippen LogP contribution in [0.3, 0.4) is 0 Å². The van der Waals surface area contributed by atoms with Gasteiger partial charge in [-0.2, -0.15) is 0 Å². The zero-order valence-corrected chi connectivity index (χ0v) is 10.8. The molecule has 0 radical (unpaired) electrons. The predicted molar refractivity (Wildman–Crippen MR) is 59.6 cm³/mol. The van der Waals surface area contributed by atoms with Crippen LogP contribution in [0, 0.1) is 3.57 Å². The zero-order chi connectivity index (χ0) is 7.72. The van der Waals surface area contributed by atoms with Gasteiger partial charge in [0, 0.05) is 8.04 Å². The Morgan fingerprint density at radius 2 is 1.80 bits per heavy atom. The Balaban J connectivity index is 3.34. The van der Waals surface area contributed by atoms with E-state index >= 15 is 0 Å². The summed E-state index contributed by atoms with van der Waals surface area (Å²) < 4.78 is 3.08. The molecule has 4 heteroatoms. The fourth-order valence-corrected chi connectivity index (χ4v) is 2.29. The normalized spacial score (nSPS) is 10.0. The highest BCUT2D eigenvalue weighted by Crippen LogP contribution is 2.33. The molecule has 0 N–H and O–H groups in total. The monoisotopic (exact) mass is 394 g/mol. The average Bonchev–Trinajstić information content (AvgIpc) is 1.93. The summed E-state index contributed by atoms with van der Waals surface area (Å²) >= 11 is 14.8. The van der Waals surface area contributed by atoms with Crippen LogP contribution in [0.4, 0.5) is 0 Å². The Morgan fingerprint density at radius 1 is 1.20 bits per heavy atom. The van der Waals surface area contributed by atoms with Crippen molar-refractivity contribution in [3.63, 3.8) is 0 Å². The van der Waals surface area contributed by atoms with Crippen molar-refractivity contribution in [1.82, 2.24) is 0 Å². The lowest BCUT2D eigenvalue weighted by Gasteiger charge is -1.99. The number of halogens is 4. The largest absolute Gasteiger partial charge is 0.0831 e. The van der Waals surface area contributed by atoms with Crippen molar-refractivity contribution in [3.05, 3.63) is 29.7 Å². The van der Waals surface area contributed by atoms with Gasteiger partial charge < -0.3 is 0 Å². The van der Waals surface area contributed by atoms with Crippen LogP contribution in [0.5, 0.6) is 0 Å². The van der Waals surface area contributed by atoms with Crippen molar-refractivity contribution < 1.29 is 0 Å². The van der Waals surface area contributed by atoms with Gasteiger partial charge in [0.25, 0.3) is 0 Å². The van der Waals surface area contributed by atoms with Gasteiger partial charge in [0.1, 0.15) is 0 Å². The minimum absolute atomic E-state index is 0.729. The van der Waals surface area contributed by atoms with Gasteiger partial charge in [0.2, 0.25) is 0 Å². The number of hydrogen-bond acceptors (Lipinski definition) is 0. The second kappa shape index (κ2) is 3.74. The van der Waals surface area contributed by atoms with Crippen molar-refractivity contribution in [2.45, 2.75) is 0 Å². The third-order valence-corrected chi connectivity index (χ3v) is 5.35. The van der Waals surface area contributed by atoms with Gasteiger partial charge in [0.05, 0.1) is 9.50 Å². The molecule has 0 heterocycles. The molecular weight excluding hydrogens is 394 g/mol. The van der Waals surface area contributed by atoms with E-state index in [9.17, 15) is 0 Å². The summed E-state index contributed by atoms with van der Waals surface area (Å²) in [6, 6.07) is 3.82. The Kier molecular flexibility index (Phi) is 3.47. The molecule has 0 amide bonds. The van der Waals surface area contributed by atoms with Gasteiger partial charge >= 0.3 is 0 Å². The summed E-state index contributed by atoms with van der Waals surface area (Å²) in [6.45, 7) is 0. The van der Waals surface area contributed by atoms with E-state index in [1.54, 1.807) is 0 Å². The summed E-state index contributed by atoms with van der Waals surface area (Å²) in [4.78, 5) is 0. The van der Waals surface area contributed by atoms with E-state index in [-0.39, 0.29) is 0 Å². The lowest BCUT2D eigenvalue weighted by Crippen LogP contribution is -1.76. The maximum absolute atomic E-state index is 5.81. The fourth-order valence-electron chi connectivity index (χ4n) is 0.502. The molecule has 0 aliphatic carbocycles. The SMILES string of the molecule is Clc1ccc(I)c(Br)c1Br. The topological polar surface area (TPSA) is 0 Å². The molecule has 10 heavy (non-hydrogen) atoms. The molecule has 1 aromatic carbocycles. The van der Waals surface area contributed by atoms with Crippen molar-refractivity contribution >= 4 is 66.1 Å². The molecule has 0 bridgehead atoms. The summed E-state index contributed by atoms with van der Waals surface area (Å²) in [5.41, 5.74) is 0. The Labute approximate surface area is 94.7 Å². The molecule has 0 aliphatic rings. The van der Waals surface area contributed by atoms with Crippen LogP contribution in [0.1, 0.15) is 0 Å². The second-order valence-electron chi connectivity index (χ2n) is 1.66. The van der Waals surface area contributed by atoms with E-state index in [1.165, 1.54) is 0 Å². The summed E-state index contributed by atoms with van der Waals surface area (Å²) in [7, 11) is 0. The van der Waals surface area contributed by atoms with Crippen molar-refractivity contribution in [2.24, 2.45) is 0 Å². The van der Waals surface area contributed by atoms with Crippen LogP contribution in [0.15, 0.2) is 21.1 Å². The molecule has 0 fully saturated rings. The predicted octanol–water partition coefficient (Wildman–Crippen LogP) is 4.47. The van der Waals surface area contributed by atoms with Crippen LogP contribution in [-0.2, 0) is 0 Å². The molecule has 1 aromatic rings. The highest BCUT2D eigenvalue weighted by molar-refractivity contribution is 14.1. The highest BCUT2D eigenvalue weighted by atomic mass is 127. The van der Waals surface area contributed by atoms with E-state index in [2.05, 4.69) is 54.5 Å². The van der Waals surface area contributed by atoms with Gasteiger partial charge in [-0.3, -0.25) is 0 Å². The average molecular weight is 396 g/mol. The van der Waals surface area contributed by atoms with Crippen LogP contribution in [-0.4, -0.2) is 0 Å². The number of rotatable bonds is 0. The van der Waals surface area contributed by atoms with Crippen LogP contribution >= 0.6 is 66.1 Å². The fraction of sp³-hybridized carbons (Fsp3) is 0. The zero-order valence-electron chi connectivity index (χ0n) is 4.67. The second-order valence-corrected chi connectivity index (χ2v) is 4.81. The highest BCUT2D eigenvalue weighted by Gasteiger charge is 2.03. The van der Waals surface area contributed by atoms with E-state index < -0.39 is 0 Å². The summed E-state index contributed by atoms with van der Waals surface area (Å²) in [5, 5.41) is 0.729. The first-order valence-corrected chi connectivity index (χ1v) is 5.46. The van der Waals surface area contributed by atoms with Gasteiger partial charge in [-0.15, -0.1) is 0 Å². The number of hydrogen-bond donors (Lipinski definition) is 0. The molecule has 0 saturated carbocycles. The van der Waals surface area contributed by atoms with Crippen LogP contribution in [0.2, 0.25) is 5.02 Å². The van der Waals surface area contributed by atoms with Crippen molar-refractivity contribution in [2.75, 3.05) is 0 Å². The smallest absolute Gasteiger partial charge is 0.0560 e. The lowest BCUT2D eigenvalue weighted by atomic mass is 10.4. The molecule has 0 nitrogen and oxygen atoms in total. The van der Waals surface area contributed by atoms with E-state index in [4.69, 9.17) is 11.6 Å². The van der Waals surface area contributed by atoms with E-state index in [0.717, 1.165) is 17.5 Å². The molecule has 0 aliphatic heterocycles. The van der Waals surface area contributed by atoms with Gasteiger partial charge in [-0.1, -0.05) is 11.6 Å². The van der Waals surface area contributed by atoms with Crippen molar-refractivity contribution in [3.8, 4) is 0 Å². The third kappa shape index (κ3) is 1.87. The standard InChI is InChI=1S/C6H2Br2ClI/c7-5-3(9)1-2-4(10)6(5)8/h1-2H. The minimum atomic E-state index is 0.729.